The number of nitrogens with zero attached hydrogens (tertiary/aromatic N) is 3. The molecule has 0 unspecified atom stereocenters. The average molecular weight is 325 g/mol. The Morgan fingerprint density at radius 3 is 2.17 bits per heavy atom. The highest BCUT2D eigenvalue weighted by molar-refractivity contribution is 5.15. The Morgan fingerprint density at radius 2 is 1.58 bits per heavy atom. The Morgan fingerprint density at radius 1 is 0.958 bits per heavy atom. The number of likely N-dealkylation sites (N-methyl/N-ethyl adjacent to an activating group) is 1. The van der Waals surface area contributed by atoms with Crippen molar-refractivity contribution in [2.24, 2.45) is 0 Å². The zero-order valence-electron chi connectivity index (χ0n) is 14.4. The minimum atomic E-state index is -0.0755. The van der Waals surface area contributed by atoms with Crippen LogP contribution in [-0.2, 0) is 12.8 Å². The van der Waals surface area contributed by atoms with E-state index < -0.39 is 0 Å². The second-order valence-corrected chi connectivity index (χ2v) is 6.68. The summed E-state index contributed by atoms with van der Waals surface area (Å²) in [6.07, 6.45) is 5.53. The van der Waals surface area contributed by atoms with E-state index in [-0.39, 0.29) is 5.54 Å². The molecule has 0 saturated carbocycles. The monoisotopic (exact) mass is 325 g/mol. The Bertz CT molecular complexity index is 560. The summed E-state index contributed by atoms with van der Waals surface area (Å²) >= 11 is 0. The summed E-state index contributed by atoms with van der Waals surface area (Å²) in [6.45, 7) is 5.01. The fourth-order valence-corrected chi connectivity index (χ4v) is 3.30. The third kappa shape index (κ3) is 4.84. The van der Waals surface area contributed by atoms with E-state index >= 15 is 0 Å². The van der Waals surface area contributed by atoms with Crippen molar-refractivity contribution in [2.75, 3.05) is 39.8 Å². The highest BCUT2D eigenvalue weighted by Crippen LogP contribution is 2.18. The average Bonchev–Trinajstić information content (AvgIpc) is 2.68. The van der Waals surface area contributed by atoms with Gasteiger partial charge in [0, 0.05) is 74.9 Å². The van der Waals surface area contributed by atoms with E-state index in [1.165, 1.54) is 0 Å². The van der Waals surface area contributed by atoms with Crippen molar-refractivity contribution in [3.8, 4) is 0 Å². The van der Waals surface area contributed by atoms with Crippen molar-refractivity contribution in [2.45, 2.75) is 18.4 Å². The van der Waals surface area contributed by atoms with Crippen LogP contribution in [-0.4, -0.2) is 60.2 Å². The minimum Gasteiger partial charge on any atom is -0.314 e. The smallest absolute Gasteiger partial charge is 0.0422 e. The van der Waals surface area contributed by atoms with E-state index in [0.717, 1.165) is 57.0 Å². The molecular formula is C19H27N5. The zero-order chi connectivity index (χ0) is 16.7. The summed E-state index contributed by atoms with van der Waals surface area (Å²) in [6, 6.07) is 12.3. The summed E-state index contributed by atoms with van der Waals surface area (Å²) in [5.41, 5.74) is 2.17. The maximum absolute atomic E-state index is 4.55. The molecule has 24 heavy (non-hydrogen) atoms. The maximum atomic E-state index is 4.55. The molecule has 2 aromatic heterocycles. The molecule has 0 spiro atoms. The summed E-state index contributed by atoms with van der Waals surface area (Å²) in [7, 11) is 2.17. The highest BCUT2D eigenvalue weighted by Gasteiger charge is 2.31. The van der Waals surface area contributed by atoms with Crippen molar-refractivity contribution in [1.82, 2.24) is 25.5 Å². The molecule has 1 fully saturated rings. The molecule has 3 heterocycles. The fourth-order valence-electron chi connectivity index (χ4n) is 3.30. The lowest BCUT2D eigenvalue weighted by Crippen LogP contribution is -2.56. The second-order valence-electron chi connectivity index (χ2n) is 6.68. The molecule has 0 atom stereocenters. The first-order valence-electron chi connectivity index (χ1n) is 8.70. The van der Waals surface area contributed by atoms with Gasteiger partial charge >= 0.3 is 0 Å². The van der Waals surface area contributed by atoms with Crippen molar-refractivity contribution < 1.29 is 0 Å². The molecule has 0 aromatic carbocycles. The van der Waals surface area contributed by atoms with Crippen molar-refractivity contribution in [3.05, 3.63) is 60.2 Å². The Labute approximate surface area is 144 Å². The van der Waals surface area contributed by atoms with Crippen LogP contribution in [0.1, 0.15) is 11.4 Å². The molecule has 5 heteroatoms. The van der Waals surface area contributed by atoms with E-state index in [0.29, 0.717) is 0 Å². The number of nitrogens with one attached hydrogen (secondary N) is 2. The van der Waals surface area contributed by atoms with Crippen molar-refractivity contribution in [3.63, 3.8) is 0 Å². The van der Waals surface area contributed by atoms with Crippen LogP contribution < -0.4 is 10.6 Å². The van der Waals surface area contributed by atoms with Crippen molar-refractivity contribution in [1.29, 1.82) is 0 Å². The van der Waals surface area contributed by atoms with Gasteiger partial charge in [-0.25, -0.2) is 0 Å². The van der Waals surface area contributed by atoms with E-state index in [1.807, 2.05) is 24.5 Å². The van der Waals surface area contributed by atoms with Gasteiger partial charge < -0.3 is 15.5 Å². The lowest BCUT2D eigenvalue weighted by atomic mass is 9.87. The van der Waals surface area contributed by atoms with E-state index in [2.05, 4.69) is 56.8 Å². The van der Waals surface area contributed by atoms with Crippen LogP contribution in [0.25, 0.3) is 0 Å². The van der Waals surface area contributed by atoms with Crippen LogP contribution in [0.2, 0.25) is 0 Å². The topological polar surface area (TPSA) is 53.1 Å². The molecule has 5 nitrogen and oxygen atoms in total. The molecule has 1 saturated heterocycles. The first-order chi connectivity index (χ1) is 11.8. The molecule has 0 aliphatic carbocycles. The van der Waals surface area contributed by atoms with Gasteiger partial charge in [-0.2, -0.15) is 0 Å². The number of hydrogen-bond acceptors (Lipinski definition) is 5. The quantitative estimate of drug-likeness (QED) is 0.882. The molecule has 0 bridgehead atoms. The largest absolute Gasteiger partial charge is 0.314 e. The number of aromatic nitrogens is 2. The normalized spacial score (nSPS) is 19.2. The highest BCUT2D eigenvalue weighted by atomic mass is 15.2. The van der Waals surface area contributed by atoms with E-state index in [4.69, 9.17) is 0 Å². The van der Waals surface area contributed by atoms with Gasteiger partial charge in [-0.1, -0.05) is 12.1 Å². The van der Waals surface area contributed by atoms with Gasteiger partial charge in [0.2, 0.25) is 0 Å². The molecule has 1 aliphatic heterocycles. The van der Waals surface area contributed by atoms with Crippen molar-refractivity contribution >= 4 is 0 Å². The lowest BCUT2D eigenvalue weighted by Gasteiger charge is -2.35. The number of pyridine rings is 2. The predicted molar refractivity (Wildman–Crippen MR) is 97.0 cm³/mol. The van der Waals surface area contributed by atoms with Crippen LogP contribution in [0.5, 0.6) is 0 Å². The molecule has 128 valence electrons. The number of rotatable bonds is 4. The Kier molecular flexibility index (Phi) is 5.91. The zero-order valence-corrected chi connectivity index (χ0v) is 14.4. The van der Waals surface area contributed by atoms with Crippen LogP contribution in [0.3, 0.4) is 0 Å². The molecule has 3 rings (SSSR count). The first-order valence-corrected chi connectivity index (χ1v) is 8.70. The van der Waals surface area contributed by atoms with Gasteiger partial charge in [0.1, 0.15) is 0 Å². The third-order valence-electron chi connectivity index (χ3n) is 4.62. The molecule has 1 aliphatic rings. The molecule has 2 aromatic rings. The van der Waals surface area contributed by atoms with E-state index in [9.17, 15) is 0 Å². The van der Waals surface area contributed by atoms with Gasteiger partial charge in [-0.05, 0) is 31.3 Å². The van der Waals surface area contributed by atoms with Crippen LogP contribution >= 0.6 is 0 Å². The third-order valence-corrected chi connectivity index (χ3v) is 4.62. The van der Waals surface area contributed by atoms with Gasteiger partial charge in [-0.15, -0.1) is 0 Å². The number of hydrogen-bond donors (Lipinski definition) is 2. The molecular weight excluding hydrogens is 298 g/mol. The van der Waals surface area contributed by atoms with Gasteiger partial charge in [0.05, 0.1) is 0 Å². The molecule has 2 N–H and O–H groups in total. The van der Waals surface area contributed by atoms with E-state index in [1.54, 1.807) is 0 Å². The van der Waals surface area contributed by atoms with Crippen LogP contribution in [0.4, 0.5) is 0 Å². The summed E-state index contributed by atoms with van der Waals surface area (Å²) in [4.78, 5) is 11.5. The van der Waals surface area contributed by atoms with Crippen LogP contribution in [0.15, 0.2) is 48.8 Å². The molecule has 0 amide bonds. The summed E-state index contributed by atoms with van der Waals surface area (Å²) < 4.78 is 0. The lowest BCUT2D eigenvalue weighted by molar-refractivity contribution is 0.295. The summed E-state index contributed by atoms with van der Waals surface area (Å²) in [5.74, 6) is 0. The Balaban J connectivity index is 1.83. The summed E-state index contributed by atoms with van der Waals surface area (Å²) in [5, 5.41) is 7.45. The minimum absolute atomic E-state index is 0.0755. The second kappa shape index (κ2) is 8.33. The van der Waals surface area contributed by atoms with Crippen LogP contribution in [0, 0.1) is 0 Å². The van der Waals surface area contributed by atoms with Gasteiger partial charge in [-0.3, -0.25) is 9.97 Å². The predicted octanol–water partition coefficient (Wildman–Crippen LogP) is 1.13. The fraction of sp³-hybridized carbons (Fsp3) is 0.474. The Hall–Kier alpha value is -1.82. The van der Waals surface area contributed by atoms with Gasteiger partial charge in [0.15, 0.2) is 0 Å². The molecule has 0 radical (unpaired) electrons. The first kappa shape index (κ1) is 17.0. The standard InChI is InChI=1S/C19H27N5/c1-24-12-10-20-16-19(23-11-13-24,14-17-6-2-4-8-21-17)15-18-7-3-5-9-22-18/h2-9,20,23H,10-16H2,1H3. The van der Waals surface area contributed by atoms with Gasteiger partial charge in [0.25, 0.3) is 0 Å². The SMILES string of the molecule is CN1CCNCC(Cc2ccccn2)(Cc2ccccn2)NCC1. The maximum Gasteiger partial charge on any atom is 0.0422 e.